The lowest BCUT2D eigenvalue weighted by Gasteiger charge is -2.07. The fraction of sp³-hybridized carbons (Fsp3) is 0.571. The minimum absolute atomic E-state index is 0.0777. The van der Waals surface area contributed by atoms with E-state index in [1.54, 1.807) is 12.1 Å². The second-order valence-electron chi connectivity index (χ2n) is 6.17. The molecule has 1 saturated carbocycles. The Bertz CT molecular complexity index is 474. The highest BCUT2D eigenvalue weighted by atomic mass is 35.5. The number of nitrogens with zero attached hydrogens (tertiary/aromatic N) is 1. The van der Waals surface area contributed by atoms with Gasteiger partial charge in [-0.25, -0.2) is 4.98 Å². The van der Waals surface area contributed by atoms with E-state index in [0.29, 0.717) is 10.7 Å². The van der Waals surface area contributed by atoms with Crippen LogP contribution in [0.5, 0.6) is 0 Å². The Morgan fingerprint density at radius 2 is 1.83 bits per heavy atom. The first-order valence-corrected chi connectivity index (χ1v) is 6.49. The number of amides is 1. The maximum atomic E-state index is 12.2. The number of aromatic nitrogens is 1. The molecule has 3 nitrogen and oxygen atoms in total. The van der Waals surface area contributed by atoms with Crippen molar-refractivity contribution in [1.82, 2.24) is 10.3 Å². The maximum Gasteiger partial charge on any atom is 0.251 e. The molecular formula is C14H19ClN2O. The zero-order valence-corrected chi connectivity index (χ0v) is 12.2. The highest BCUT2D eigenvalue weighted by molar-refractivity contribution is 6.29. The second-order valence-corrected chi connectivity index (χ2v) is 6.56. The Hall–Kier alpha value is -1.09. The van der Waals surface area contributed by atoms with E-state index in [0.717, 1.165) is 5.69 Å². The van der Waals surface area contributed by atoms with Crippen LogP contribution in [0.4, 0.5) is 0 Å². The van der Waals surface area contributed by atoms with Crippen LogP contribution < -0.4 is 5.32 Å². The number of pyridine rings is 1. The Labute approximate surface area is 113 Å². The molecular weight excluding hydrogens is 248 g/mol. The molecule has 1 aliphatic rings. The molecule has 1 aromatic rings. The van der Waals surface area contributed by atoms with E-state index >= 15 is 0 Å². The number of rotatable bonds is 2. The molecule has 0 radical (unpaired) electrons. The predicted octanol–water partition coefficient (Wildman–Crippen LogP) is 3.21. The molecule has 0 unspecified atom stereocenters. The third-order valence-corrected chi connectivity index (χ3v) is 4.67. The van der Waals surface area contributed by atoms with E-state index in [4.69, 9.17) is 11.6 Å². The average Bonchev–Trinajstić information content (AvgIpc) is 2.59. The van der Waals surface area contributed by atoms with Crippen molar-refractivity contribution in [1.29, 1.82) is 0 Å². The molecule has 98 valence electrons. The molecule has 4 heteroatoms. The predicted molar refractivity (Wildman–Crippen MR) is 72.8 cm³/mol. The number of halogens is 1. The van der Waals surface area contributed by atoms with Crippen molar-refractivity contribution in [2.45, 2.75) is 40.7 Å². The molecule has 1 heterocycles. The van der Waals surface area contributed by atoms with E-state index in [1.165, 1.54) is 0 Å². The summed E-state index contributed by atoms with van der Waals surface area (Å²) in [5.41, 5.74) is 1.59. The van der Waals surface area contributed by atoms with Gasteiger partial charge in [-0.2, -0.15) is 0 Å². The van der Waals surface area contributed by atoms with Gasteiger partial charge in [-0.05, 0) is 29.9 Å². The van der Waals surface area contributed by atoms with Crippen LogP contribution in [0.25, 0.3) is 0 Å². The van der Waals surface area contributed by atoms with Gasteiger partial charge in [0.25, 0.3) is 5.91 Å². The van der Waals surface area contributed by atoms with E-state index in [-0.39, 0.29) is 22.8 Å². The van der Waals surface area contributed by atoms with Gasteiger partial charge in [-0.3, -0.25) is 4.79 Å². The standard InChI is InChI=1S/C14H19ClN2O/c1-8-6-9(7-10(15)16-8)11(18)17-12-13(2,3)14(12,4)5/h6-7,12H,1-5H3,(H,17,18). The van der Waals surface area contributed by atoms with Crippen molar-refractivity contribution in [2.75, 3.05) is 0 Å². The lowest BCUT2D eigenvalue weighted by molar-refractivity contribution is 0.0943. The zero-order chi connectivity index (χ0) is 13.7. The molecule has 1 aromatic heterocycles. The summed E-state index contributed by atoms with van der Waals surface area (Å²) in [5, 5.41) is 3.44. The highest BCUT2D eigenvalue weighted by Crippen LogP contribution is 2.62. The van der Waals surface area contributed by atoms with Gasteiger partial charge in [0.2, 0.25) is 0 Å². The average molecular weight is 267 g/mol. The van der Waals surface area contributed by atoms with Gasteiger partial charge < -0.3 is 5.32 Å². The van der Waals surface area contributed by atoms with Crippen LogP contribution in [0.2, 0.25) is 5.15 Å². The number of carbonyl (C=O) groups excluding carboxylic acids is 1. The van der Waals surface area contributed by atoms with Crippen molar-refractivity contribution in [3.63, 3.8) is 0 Å². The third-order valence-electron chi connectivity index (χ3n) is 4.48. The first kappa shape index (κ1) is 13.3. The molecule has 1 amide bonds. The molecule has 1 N–H and O–H groups in total. The lowest BCUT2D eigenvalue weighted by Crippen LogP contribution is -2.29. The summed E-state index contributed by atoms with van der Waals surface area (Å²) in [5.74, 6) is -0.0777. The molecule has 0 aliphatic heterocycles. The van der Waals surface area contributed by atoms with Gasteiger partial charge in [0, 0.05) is 17.3 Å². The van der Waals surface area contributed by atoms with Gasteiger partial charge in [-0.15, -0.1) is 0 Å². The molecule has 1 aliphatic carbocycles. The van der Waals surface area contributed by atoms with Crippen LogP contribution in [0, 0.1) is 17.8 Å². The largest absolute Gasteiger partial charge is 0.348 e. The number of carbonyl (C=O) groups is 1. The van der Waals surface area contributed by atoms with Gasteiger partial charge in [0.1, 0.15) is 5.15 Å². The van der Waals surface area contributed by atoms with E-state index in [2.05, 4.69) is 38.0 Å². The zero-order valence-electron chi connectivity index (χ0n) is 11.5. The summed E-state index contributed by atoms with van der Waals surface area (Å²) in [7, 11) is 0. The van der Waals surface area contributed by atoms with Crippen molar-refractivity contribution in [3.05, 3.63) is 28.5 Å². The minimum atomic E-state index is -0.0777. The summed E-state index contributed by atoms with van der Waals surface area (Å²) in [6.07, 6.45) is 0. The molecule has 0 atom stereocenters. The molecule has 18 heavy (non-hydrogen) atoms. The van der Waals surface area contributed by atoms with Crippen LogP contribution in [0.1, 0.15) is 43.7 Å². The second kappa shape index (κ2) is 3.95. The summed E-state index contributed by atoms with van der Waals surface area (Å²) < 4.78 is 0. The van der Waals surface area contributed by atoms with E-state index in [9.17, 15) is 4.79 Å². The SMILES string of the molecule is Cc1cc(C(=O)NC2C(C)(C)C2(C)C)cc(Cl)n1. The molecule has 0 spiro atoms. The first-order chi connectivity index (χ1) is 8.16. The Morgan fingerprint density at radius 1 is 1.28 bits per heavy atom. The molecule has 0 saturated heterocycles. The normalized spacial score (nSPS) is 20.6. The Morgan fingerprint density at radius 3 is 2.28 bits per heavy atom. The van der Waals surface area contributed by atoms with Crippen LogP contribution >= 0.6 is 11.6 Å². The monoisotopic (exact) mass is 266 g/mol. The highest BCUT2D eigenvalue weighted by Gasteiger charge is 2.65. The quantitative estimate of drug-likeness (QED) is 0.836. The number of aryl methyl sites for hydroxylation is 1. The molecule has 0 bridgehead atoms. The minimum Gasteiger partial charge on any atom is -0.348 e. The van der Waals surface area contributed by atoms with Crippen molar-refractivity contribution in [2.24, 2.45) is 10.8 Å². The number of hydrogen-bond donors (Lipinski definition) is 1. The first-order valence-electron chi connectivity index (χ1n) is 6.11. The van der Waals surface area contributed by atoms with Crippen molar-refractivity contribution >= 4 is 17.5 Å². The van der Waals surface area contributed by atoms with Gasteiger partial charge in [0.05, 0.1) is 0 Å². The Kier molecular flexibility index (Phi) is 2.93. The fourth-order valence-corrected chi connectivity index (χ4v) is 2.78. The lowest BCUT2D eigenvalue weighted by atomic mass is 10.0. The van der Waals surface area contributed by atoms with Gasteiger partial charge in [-0.1, -0.05) is 39.3 Å². The summed E-state index contributed by atoms with van der Waals surface area (Å²) >= 11 is 5.87. The van der Waals surface area contributed by atoms with Crippen LogP contribution in [-0.4, -0.2) is 16.9 Å². The van der Waals surface area contributed by atoms with Crippen molar-refractivity contribution in [3.8, 4) is 0 Å². The van der Waals surface area contributed by atoms with Crippen LogP contribution in [-0.2, 0) is 0 Å². The maximum absolute atomic E-state index is 12.2. The van der Waals surface area contributed by atoms with E-state index in [1.807, 2.05) is 6.92 Å². The summed E-state index contributed by atoms with van der Waals surface area (Å²) in [6, 6.07) is 3.56. The van der Waals surface area contributed by atoms with Crippen LogP contribution in [0.3, 0.4) is 0 Å². The summed E-state index contributed by atoms with van der Waals surface area (Å²) in [6.45, 7) is 10.5. The number of nitrogens with one attached hydrogen (secondary N) is 1. The van der Waals surface area contributed by atoms with Gasteiger partial charge >= 0.3 is 0 Å². The molecule has 0 aromatic carbocycles. The summed E-state index contributed by atoms with van der Waals surface area (Å²) in [4.78, 5) is 16.2. The third kappa shape index (κ3) is 2.01. The van der Waals surface area contributed by atoms with E-state index < -0.39 is 0 Å². The Balaban J connectivity index is 2.15. The fourth-order valence-electron chi connectivity index (χ4n) is 2.53. The number of hydrogen-bond acceptors (Lipinski definition) is 2. The molecule has 1 fully saturated rings. The van der Waals surface area contributed by atoms with Crippen molar-refractivity contribution < 1.29 is 4.79 Å². The smallest absolute Gasteiger partial charge is 0.251 e. The topological polar surface area (TPSA) is 42.0 Å². The molecule has 2 rings (SSSR count). The van der Waals surface area contributed by atoms with Crippen LogP contribution in [0.15, 0.2) is 12.1 Å². The van der Waals surface area contributed by atoms with Gasteiger partial charge in [0.15, 0.2) is 0 Å².